The number of rotatable bonds is 8. The summed E-state index contributed by atoms with van der Waals surface area (Å²) in [5, 5.41) is 22.6. The molecule has 1 N–H and O–H groups in total. The Hall–Kier alpha value is -2.16. The second kappa shape index (κ2) is 8.62. The number of aryl methyl sites for hydroxylation is 1. The van der Waals surface area contributed by atoms with Gasteiger partial charge in [-0.25, -0.2) is 0 Å². The first kappa shape index (κ1) is 18.2. The number of aromatic nitrogens is 2. The zero-order valence-electron chi connectivity index (χ0n) is 14.8. The summed E-state index contributed by atoms with van der Waals surface area (Å²) in [4.78, 5) is 2.40. The van der Waals surface area contributed by atoms with Crippen LogP contribution in [0, 0.1) is 25.2 Å². The average molecular weight is 326 g/mol. The number of hydrogen-bond acceptors (Lipinski definition) is 4. The van der Waals surface area contributed by atoms with Crippen molar-refractivity contribution in [2.24, 2.45) is 0 Å². The van der Waals surface area contributed by atoms with Crippen LogP contribution in [0.25, 0.3) is 0 Å². The predicted molar refractivity (Wildman–Crippen MR) is 94.3 cm³/mol. The van der Waals surface area contributed by atoms with Gasteiger partial charge in [-0.3, -0.25) is 9.58 Å². The van der Waals surface area contributed by atoms with Gasteiger partial charge in [0.25, 0.3) is 0 Å². The monoisotopic (exact) mass is 326 g/mol. The molecular weight excluding hydrogens is 300 g/mol. The highest BCUT2D eigenvalue weighted by Gasteiger charge is 2.15. The van der Waals surface area contributed by atoms with Gasteiger partial charge in [0.15, 0.2) is 0 Å². The molecule has 2 rings (SSSR count). The lowest BCUT2D eigenvalue weighted by atomic mass is 10.1. The molecule has 1 aromatic heterocycles. The summed E-state index contributed by atoms with van der Waals surface area (Å²) in [7, 11) is 0. The van der Waals surface area contributed by atoms with Gasteiger partial charge in [-0.1, -0.05) is 19.1 Å². The predicted octanol–water partition coefficient (Wildman–Crippen LogP) is 2.78. The SMILES string of the molecule is CCCN(Cc1ccc(C#N)cc1)Cc1c(C)nn(CCO)c1C. The smallest absolute Gasteiger partial charge is 0.0991 e. The zero-order valence-corrected chi connectivity index (χ0v) is 14.8. The van der Waals surface area contributed by atoms with Crippen LogP contribution in [-0.4, -0.2) is 32.9 Å². The van der Waals surface area contributed by atoms with E-state index in [0.717, 1.165) is 37.4 Å². The third-order valence-corrected chi connectivity index (χ3v) is 4.25. The lowest BCUT2D eigenvalue weighted by molar-refractivity contribution is 0.255. The molecule has 0 aliphatic rings. The Morgan fingerprint density at radius 2 is 1.92 bits per heavy atom. The maximum Gasteiger partial charge on any atom is 0.0991 e. The van der Waals surface area contributed by atoms with E-state index in [9.17, 15) is 0 Å². The highest BCUT2D eigenvalue weighted by Crippen LogP contribution is 2.18. The number of hydrogen-bond donors (Lipinski definition) is 1. The normalized spacial score (nSPS) is 11.0. The minimum Gasteiger partial charge on any atom is -0.394 e. The van der Waals surface area contributed by atoms with Crippen molar-refractivity contribution in [2.75, 3.05) is 13.2 Å². The molecule has 0 aliphatic heterocycles. The fourth-order valence-electron chi connectivity index (χ4n) is 2.97. The molecule has 0 fully saturated rings. The maximum atomic E-state index is 9.15. The summed E-state index contributed by atoms with van der Waals surface area (Å²) in [6.07, 6.45) is 1.08. The summed E-state index contributed by atoms with van der Waals surface area (Å²) in [6.45, 7) is 9.62. The van der Waals surface area contributed by atoms with Crippen LogP contribution in [-0.2, 0) is 19.6 Å². The Labute approximate surface area is 144 Å². The fourth-order valence-corrected chi connectivity index (χ4v) is 2.97. The average Bonchev–Trinajstić information content (AvgIpc) is 2.84. The van der Waals surface area contributed by atoms with Crippen molar-refractivity contribution in [2.45, 2.75) is 46.8 Å². The number of nitriles is 1. The first-order valence-corrected chi connectivity index (χ1v) is 8.44. The molecule has 0 saturated carbocycles. The molecule has 1 aromatic carbocycles. The van der Waals surface area contributed by atoms with Crippen LogP contribution in [0.4, 0.5) is 0 Å². The Morgan fingerprint density at radius 3 is 2.50 bits per heavy atom. The van der Waals surface area contributed by atoms with Crippen LogP contribution < -0.4 is 0 Å². The number of nitrogens with zero attached hydrogens (tertiary/aromatic N) is 4. The molecule has 0 radical (unpaired) electrons. The van der Waals surface area contributed by atoms with E-state index in [0.29, 0.717) is 12.1 Å². The summed E-state index contributed by atoms with van der Waals surface area (Å²) < 4.78 is 1.89. The lowest BCUT2D eigenvalue weighted by Crippen LogP contribution is -2.24. The van der Waals surface area contributed by atoms with Crippen LogP contribution in [0.5, 0.6) is 0 Å². The van der Waals surface area contributed by atoms with Gasteiger partial charge in [-0.15, -0.1) is 0 Å². The van der Waals surface area contributed by atoms with E-state index in [1.54, 1.807) is 0 Å². The second-order valence-electron chi connectivity index (χ2n) is 6.12. The molecule has 0 bridgehead atoms. The van der Waals surface area contributed by atoms with E-state index in [2.05, 4.69) is 29.9 Å². The van der Waals surface area contributed by atoms with Crippen LogP contribution in [0.1, 0.15) is 41.4 Å². The molecule has 128 valence electrons. The Kier molecular flexibility index (Phi) is 6.53. The van der Waals surface area contributed by atoms with E-state index >= 15 is 0 Å². The molecule has 2 aromatic rings. The molecule has 5 heteroatoms. The van der Waals surface area contributed by atoms with Gasteiger partial charge in [0.05, 0.1) is 30.5 Å². The topological polar surface area (TPSA) is 65.1 Å². The van der Waals surface area contributed by atoms with Gasteiger partial charge in [0.2, 0.25) is 0 Å². The Bertz CT molecular complexity index is 697. The first-order valence-electron chi connectivity index (χ1n) is 8.44. The van der Waals surface area contributed by atoms with Crippen molar-refractivity contribution in [1.82, 2.24) is 14.7 Å². The largest absolute Gasteiger partial charge is 0.394 e. The Morgan fingerprint density at radius 1 is 1.21 bits per heavy atom. The summed E-state index contributed by atoms with van der Waals surface area (Å²) in [5.41, 5.74) is 5.30. The molecule has 0 saturated heterocycles. The first-order chi connectivity index (χ1) is 11.6. The van der Waals surface area contributed by atoms with Crippen molar-refractivity contribution in [3.63, 3.8) is 0 Å². The van der Waals surface area contributed by atoms with Gasteiger partial charge in [-0.05, 0) is 44.5 Å². The molecule has 0 unspecified atom stereocenters. The van der Waals surface area contributed by atoms with Crippen LogP contribution in [0.15, 0.2) is 24.3 Å². The van der Waals surface area contributed by atoms with Crippen molar-refractivity contribution in [3.05, 3.63) is 52.3 Å². The number of benzene rings is 1. The third-order valence-electron chi connectivity index (χ3n) is 4.25. The van der Waals surface area contributed by atoms with Gasteiger partial charge in [0.1, 0.15) is 0 Å². The molecule has 0 spiro atoms. The molecule has 24 heavy (non-hydrogen) atoms. The third kappa shape index (κ3) is 4.44. The maximum absolute atomic E-state index is 9.15. The Balaban J connectivity index is 2.14. The molecule has 1 heterocycles. The fraction of sp³-hybridized carbons (Fsp3) is 0.474. The number of aliphatic hydroxyl groups is 1. The quantitative estimate of drug-likeness (QED) is 0.810. The van der Waals surface area contributed by atoms with E-state index in [1.165, 1.54) is 11.1 Å². The lowest BCUT2D eigenvalue weighted by Gasteiger charge is -2.22. The molecule has 0 aliphatic carbocycles. The number of aliphatic hydroxyl groups excluding tert-OH is 1. The van der Waals surface area contributed by atoms with E-state index in [4.69, 9.17) is 10.4 Å². The minimum atomic E-state index is 0.102. The van der Waals surface area contributed by atoms with E-state index in [-0.39, 0.29) is 6.61 Å². The summed E-state index contributed by atoms with van der Waals surface area (Å²) >= 11 is 0. The second-order valence-corrected chi connectivity index (χ2v) is 6.12. The van der Waals surface area contributed by atoms with Crippen molar-refractivity contribution in [3.8, 4) is 6.07 Å². The standard InChI is InChI=1S/C19H26N4O/c1-4-9-22(13-18-7-5-17(12-20)6-8-18)14-19-15(2)21-23(10-11-24)16(19)3/h5-8,24H,4,9-11,13-14H2,1-3H3. The van der Waals surface area contributed by atoms with Crippen molar-refractivity contribution >= 4 is 0 Å². The summed E-state index contributed by atoms with van der Waals surface area (Å²) in [5.74, 6) is 0. The van der Waals surface area contributed by atoms with Gasteiger partial charge in [0, 0.05) is 24.3 Å². The van der Waals surface area contributed by atoms with Crippen LogP contribution >= 0.6 is 0 Å². The molecule has 0 atom stereocenters. The highest BCUT2D eigenvalue weighted by atomic mass is 16.3. The highest BCUT2D eigenvalue weighted by molar-refractivity contribution is 5.31. The van der Waals surface area contributed by atoms with Gasteiger partial charge in [-0.2, -0.15) is 10.4 Å². The van der Waals surface area contributed by atoms with E-state index < -0.39 is 0 Å². The van der Waals surface area contributed by atoms with Crippen molar-refractivity contribution < 1.29 is 5.11 Å². The van der Waals surface area contributed by atoms with E-state index in [1.807, 2.05) is 35.9 Å². The van der Waals surface area contributed by atoms with Crippen LogP contribution in [0.3, 0.4) is 0 Å². The van der Waals surface area contributed by atoms with Gasteiger partial charge < -0.3 is 5.11 Å². The summed E-state index contributed by atoms with van der Waals surface area (Å²) in [6, 6.07) is 9.95. The van der Waals surface area contributed by atoms with Crippen molar-refractivity contribution in [1.29, 1.82) is 5.26 Å². The van der Waals surface area contributed by atoms with Gasteiger partial charge >= 0.3 is 0 Å². The molecular formula is C19H26N4O. The molecule has 5 nitrogen and oxygen atoms in total. The zero-order chi connectivity index (χ0) is 17.5. The van der Waals surface area contributed by atoms with Crippen LogP contribution in [0.2, 0.25) is 0 Å². The minimum absolute atomic E-state index is 0.102. The molecule has 0 amide bonds.